The van der Waals surface area contributed by atoms with Crippen molar-refractivity contribution in [1.29, 1.82) is 0 Å². The molecule has 0 radical (unpaired) electrons. The molecular formula is C26H31N3O5. The van der Waals surface area contributed by atoms with E-state index in [1.807, 2.05) is 31.2 Å². The molecule has 2 amide bonds. The zero-order valence-corrected chi connectivity index (χ0v) is 19.4. The van der Waals surface area contributed by atoms with Crippen molar-refractivity contribution in [2.45, 2.75) is 31.7 Å². The van der Waals surface area contributed by atoms with Crippen molar-refractivity contribution in [2.75, 3.05) is 39.3 Å². The molecule has 0 saturated carbocycles. The van der Waals surface area contributed by atoms with E-state index in [0.717, 1.165) is 28.7 Å². The van der Waals surface area contributed by atoms with E-state index in [9.17, 15) is 14.4 Å². The predicted molar refractivity (Wildman–Crippen MR) is 128 cm³/mol. The summed E-state index contributed by atoms with van der Waals surface area (Å²) in [6.45, 7) is 4.02. The third-order valence-electron chi connectivity index (χ3n) is 6.55. The summed E-state index contributed by atoms with van der Waals surface area (Å²) in [6.07, 6.45) is 0.649. The topological polar surface area (TPSA) is 99.2 Å². The van der Waals surface area contributed by atoms with E-state index in [0.29, 0.717) is 32.6 Å². The number of hydrogen-bond acceptors (Lipinski definition) is 5. The van der Waals surface area contributed by atoms with Crippen LogP contribution in [-0.2, 0) is 14.3 Å². The fourth-order valence-electron chi connectivity index (χ4n) is 4.87. The number of amides is 2. The number of carbonyl (C=O) groups is 3. The second-order valence-corrected chi connectivity index (χ2v) is 8.81. The van der Waals surface area contributed by atoms with E-state index >= 15 is 0 Å². The van der Waals surface area contributed by atoms with Crippen molar-refractivity contribution < 1.29 is 24.2 Å². The van der Waals surface area contributed by atoms with Crippen LogP contribution in [0.3, 0.4) is 0 Å². The summed E-state index contributed by atoms with van der Waals surface area (Å²) in [5.74, 6) is -1.06. The van der Waals surface area contributed by atoms with Gasteiger partial charge in [-0.05, 0) is 28.7 Å². The van der Waals surface area contributed by atoms with Crippen LogP contribution in [-0.4, -0.2) is 78.2 Å². The van der Waals surface area contributed by atoms with Crippen LogP contribution in [0.25, 0.3) is 11.1 Å². The maximum absolute atomic E-state index is 13.1. The van der Waals surface area contributed by atoms with E-state index in [4.69, 9.17) is 9.84 Å². The van der Waals surface area contributed by atoms with Gasteiger partial charge in [-0.1, -0.05) is 61.9 Å². The number of carbonyl (C=O) groups excluding carboxylic acids is 2. The molecule has 1 fully saturated rings. The van der Waals surface area contributed by atoms with Crippen molar-refractivity contribution in [3.8, 4) is 11.1 Å². The smallest absolute Gasteiger partial charge is 0.407 e. The molecule has 1 aliphatic heterocycles. The Labute approximate surface area is 199 Å². The summed E-state index contributed by atoms with van der Waals surface area (Å²) >= 11 is 0. The lowest BCUT2D eigenvalue weighted by molar-refractivity contribution is -0.139. The van der Waals surface area contributed by atoms with E-state index in [2.05, 4.69) is 29.6 Å². The molecule has 4 rings (SSSR count). The summed E-state index contributed by atoms with van der Waals surface area (Å²) in [4.78, 5) is 40.2. The van der Waals surface area contributed by atoms with Gasteiger partial charge in [0.05, 0.1) is 6.54 Å². The van der Waals surface area contributed by atoms with Gasteiger partial charge in [0.15, 0.2) is 0 Å². The van der Waals surface area contributed by atoms with Gasteiger partial charge in [-0.15, -0.1) is 0 Å². The van der Waals surface area contributed by atoms with E-state index in [1.54, 1.807) is 9.80 Å². The van der Waals surface area contributed by atoms with Crippen LogP contribution >= 0.6 is 0 Å². The monoisotopic (exact) mass is 465 g/mol. The lowest BCUT2D eigenvalue weighted by Gasteiger charge is -2.35. The third kappa shape index (κ3) is 5.22. The van der Waals surface area contributed by atoms with Crippen molar-refractivity contribution in [2.24, 2.45) is 0 Å². The third-order valence-corrected chi connectivity index (χ3v) is 6.55. The molecule has 1 heterocycles. The lowest BCUT2D eigenvalue weighted by atomic mass is 9.98. The van der Waals surface area contributed by atoms with Crippen LogP contribution < -0.4 is 5.32 Å². The Bertz CT molecular complexity index is 1000. The average Bonchev–Trinajstić information content (AvgIpc) is 3.16. The van der Waals surface area contributed by atoms with Crippen molar-refractivity contribution in [1.82, 2.24) is 15.1 Å². The van der Waals surface area contributed by atoms with Crippen molar-refractivity contribution in [3.05, 3.63) is 59.7 Å². The summed E-state index contributed by atoms with van der Waals surface area (Å²) < 4.78 is 5.62. The van der Waals surface area contributed by atoms with Gasteiger partial charge in [0.25, 0.3) is 0 Å². The maximum Gasteiger partial charge on any atom is 0.407 e. The Morgan fingerprint density at radius 3 is 2.15 bits per heavy atom. The normalized spacial score (nSPS) is 16.4. The van der Waals surface area contributed by atoms with Crippen LogP contribution in [0.2, 0.25) is 0 Å². The minimum absolute atomic E-state index is 0.0293. The number of carboxylic acid groups (broad SMARTS) is 1. The van der Waals surface area contributed by atoms with E-state index in [1.165, 1.54) is 0 Å². The minimum Gasteiger partial charge on any atom is -0.480 e. The van der Waals surface area contributed by atoms with Crippen LogP contribution in [0, 0.1) is 0 Å². The highest BCUT2D eigenvalue weighted by Crippen LogP contribution is 2.44. The Balaban J connectivity index is 1.35. The molecule has 180 valence electrons. The number of ether oxygens (including phenoxy) is 1. The predicted octanol–water partition coefficient (Wildman–Crippen LogP) is 2.92. The number of piperazine rings is 1. The zero-order chi connectivity index (χ0) is 24.1. The molecule has 2 aliphatic rings. The van der Waals surface area contributed by atoms with Gasteiger partial charge in [0.2, 0.25) is 5.91 Å². The molecule has 0 aromatic heterocycles. The zero-order valence-electron chi connectivity index (χ0n) is 19.4. The SMILES string of the molecule is CCC[C@H](NC(=O)OCC1c2ccccc2-c2ccccc21)C(=O)N1CCN(CC(=O)O)CC1. The van der Waals surface area contributed by atoms with Gasteiger partial charge in [-0.25, -0.2) is 4.79 Å². The summed E-state index contributed by atoms with van der Waals surface area (Å²) in [7, 11) is 0. The number of hydrogen-bond donors (Lipinski definition) is 2. The molecule has 2 aromatic carbocycles. The maximum atomic E-state index is 13.1. The Hall–Kier alpha value is -3.39. The molecule has 2 aromatic rings. The second-order valence-electron chi connectivity index (χ2n) is 8.81. The number of nitrogens with zero attached hydrogens (tertiary/aromatic N) is 2. The molecule has 8 heteroatoms. The molecule has 1 atom stereocenters. The number of aliphatic carboxylic acids is 1. The number of nitrogens with one attached hydrogen (secondary N) is 1. The second kappa shape index (κ2) is 10.7. The molecule has 0 unspecified atom stereocenters. The van der Waals surface area contributed by atoms with Crippen LogP contribution in [0.15, 0.2) is 48.5 Å². The number of rotatable bonds is 8. The molecule has 34 heavy (non-hydrogen) atoms. The van der Waals surface area contributed by atoms with Gasteiger partial charge in [-0.2, -0.15) is 0 Å². The molecule has 0 bridgehead atoms. The van der Waals surface area contributed by atoms with Gasteiger partial charge in [0.1, 0.15) is 12.6 Å². The van der Waals surface area contributed by atoms with E-state index < -0.39 is 18.1 Å². The number of benzene rings is 2. The largest absolute Gasteiger partial charge is 0.480 e. The number of fused-ring (bicyclic) bond motifs is 3. The summed E-state index contributed by atoms with van der Waals surface area (Å²) in [5, 5.41) is 11.7. The lowest BCUT2D eigenvalue weighted by Crippen LogP contribution is -2.55. The molecule has 1 saturated heterocycles. The van der Waals surface area contributed by atoms with Gasteiger partial charge < -0.3 is 20.1 Å². The first-order chi connectivity index (χ1) is 16.5. The molecule has 1 aliphatic carbocycles. The molecule has 0 spiro atoms. The fourth-order valence-corrected chi connectivity index (χ4v) is 4.87. The van der Waals surface area contributed by atoms with E-state index in [-0.39, 0.29) is 25.0 Å². The molecule has 2 N–H and O–H groups in total. The Morgan fingerprint density at radius 1 is 1.00 bits per heavy atom. The molecular weight excluding hydrogens is 434 g/mol. The van der Waals surface area contributed by atoms with Gasteiger partial charge in [-0.3, -0.25) is 14.5 Å². The minimum atomic E-state index is -0.874. The van der Waals surface area contributed by atoms with Crippen LogP contribution in [0.5, 0.6) is 0 Å². The van der Waals surface area contributed by atoms with Crippen molar-refractivity contribution in [3.63, 3.8) is 0 Å². The van der Waals surface area contributed by atoms with Crippen LogP contribution in [0.4, 0.5) is 4.79 Å². The Kier molecular flexibility index (Phi) is 7.47. The summed E-state index contributed by atoms with van der Waals surface area (Å²) in [6, 6.07) is 15.6. The highest BCUT2D eigenvalue weighted by molar-refractivity contribution is 5.86. The highest BCUT2D eigenvalue weighted by atomic mass is 16.5. The first-order valence-corrected chi connectivity index (χ1v) is 11.8. The first kappa shape index (κ1) is 23.8. The van der Waals surface area contributed by atoms with Crippen LogP contribution in [0.1, 0.15) is 36.8 Å². The standard InChI is InChI=1S/C26H31N3O5/c1-2-7-23(25(32)29-14-12-28(13-15-29)16-24(30)31)27-26(33)34-17-22-20-10-5-3-8-18(20)19-9-4-6-11-21(19)22/h3-6,8-11,22-23H,2,7,12-17H2,1H3,(H,27,33)(H,30,31)/t23-/m0/s1. The first-order valence-electron chi connectivity index (χ1n) is 11.8. The highest BCUT2D eigenvalue weighted by Gasteiger charge is 2.31. The van der Waals surface area contributed by atoms with Gasteiger partial charge >= 0.3 is 12.1 Å². The number of alkyl carbamates (subject to hydrolysis) is 1. The Morgan fingerprint density at radius 2 is 1.59 bits per heavy atom. The fraction of sp³-hybridized carbons (Fsp3) is 0.423. The molecule has 8 nitrogen and oxygen atoms in total. The average molecular weight is 466 g/mol. The summed E-state index contributed by atoms with van der Waals surface area (Å²) in [5.41, 5.74) is 4.59. The van der Waals surface area contributed by atoms with Crippen molar-refractivity contribution >= 4 is 18.0 Å². The number of carboxylic acids is 1. The quantitative estimate of drug-likeness (QED) is 0.622. The van der Waals surface area contributed by atoms with Gasteiger partial charge in [0, 0.05) is 32.1 Å².